The highest BCUT2D eigenvalue weighted by Crippen LogP contribution is 2.27. The van der Waals surface area contributed by atoms with Crippen LogP contribution >= 0.6 is 0 Å². The van der Waals surface area contributed by atoms with Crippen LogP contribution in [-0.4, -0.2) is 25.7 Å². The molecule has 1 aliphatic rings. The van der Waals surface area contributed by atoms with Crippen molar-refractivity contribution >= 4 is 5.69 Å². The lowest BCUT2D eigenvalue weighted by Crippen LogP contribution is -2.37. The summed E-state index contributed by atoms with van der Waals surface area (Å²) in [6.07, 6.45) is 3.47. The predicted molar refractivity (Wildman–Crippen MR) is 95.6 cm³/mol. The Balaban J connectivity index is 1.56. The number of nitrogens with zero attached hydrogens (tertiary/aromatic N) is 1. The van der Waals surface area contributed by atoms with Gasteiger partial charge in [-0.15, -0.1) is 0 Å². The summed E-state index contributed by atoms with van der Waals surface area (Å²) >= 11 is 0. The first-order valence-electron chi connectivity index (χ1n) is 8.57. The van der Waals surface area contributed by atoms with E-state index in [0.717, 1.165) is 32.4 Å². The first-order valence-corrected chi connectivity index (χ1v) is 8.57. The Labute approximate surface area is 139 Å². The number of benzene rings is 2. The molecule has 1 unspecified atom stereocenters. The highest BCUT2D eigenvalue weighted by atomic mass is 16.5. The van der Waals surface area contributed by atoms with E-state index >= 15 is 0 Å². The summed E-state index contributed by atoms with van der Waals surface area (Å²) < 4.78 is 6.40. The van der Waals surface area contributed by atoms with Gasteiger partial charge in [0.1, 0.15) is 0 Å². The molecule has 1 fully saturated rings. The van der Waals surface area contributed by atoms with Crippen LogP contribution in [0.4, 0.5) is 5.69 Å². The molecule has 2 N–H and O–H groups in total. The smallest absolute Gasteiger partial charge is 0.0840 e. The van der Waals surface area contributed by atoms with Gasteiger partial charge in [0, 0.05) is 18.8 Å². The lowest BCUT2D eigenvalue weighted by Gasteiger charge is -2.35. The van der Waals surface area contributed by atoms with E-state index in [-0.39, 0.29) is 6.10 Å². The van der Waals surface area contributed by atoms with Crippen molar-refractivity contribution in [3.8, 4) is 0 Å². The Morgan fingerprint density at radius 1 is 0.957 bits per heavy atom. The summed E-state index contributed by atoms with van der Waals surface area (Å²) in [5, 5.41) is 0. The number of hydrogen-bond acceptors (Lipinski definition) is 3. The van der Waals surface area contributed by atoms with E-state index < -0.39 is 0 Å². The number of hydrogen-bond donors (Lipinski definition) is 1. The second kappa shape index (κ2) is 8.14. The Hall–Kier alpha value is -1.84. The van der Waals surface area contributed by atoms with Gasteiger partial charge in [0.25, 0.3) is 0 Å². The number of para-hydroxylation sites is 1. The normalized spacial score (nSPS) is 17.2. The monoisotopic (exact) mass is 310 g/mol. The zero-order valence-corrected chi connectivity index (χ0v) is 13.6. The molecule has 0 aliphatic carbocycles. The molecule has 2 aromatic rings. The Bertz CT molecular complexity index is 565. The molecule has 23 heavy (non-hydrogen) atoms. The van der Waals surface area contributed by atoms with Crippen LogP contribution in [0.15, 0.2) is 60.7 Å². The molecule has 3 nitrogen and oxygen atoms in total. The van der Waals surface area contributed by atoms with Crippen molar-refractivity contribution in [3.63, 3.8) is 0 Å². The molecule has 1 atom stereocenters. The zero-order valence-electron chi connectivity index (χ0n) is 13.6. The van der Waals surface area contributed by atoms with Crippen LogP contribution in [0.1, 0.15) is 30.9 Å². The largest absolute Gasteiger partial charge is 0.371 e. The van der Waals surface area contributed by atoms with Crippen molar-refractivity contribution in [2.45, 2.75) is 31.5 Å². The fourth-order valence-electron chi connectivity index (χ4n) is 3.25. The predicted octanol–water partition coefficient (Wildman–Crippen LogP) is 3.76. The van der Waals surface area contributed by atoms with Crippen molar-refractivity contribution in [1.82, 2.24) is 0 Å². The standard InChI is InChI=1S/C20H26N2O/c21-14-11-20(17-7-3-1-4-8-17)23-19-12-15-22(16-13-19)18-9-5-2-6-10-18/h1-10,19-20H,11-16,21H2. The molecule has 1 saturated heterocycles. The summed E-state index contributed by atoms with van der Waals surface area (Å²) in [7, 11) is 0. The van der Waals surface area contributed by atoms with E-state index in [1.807, 2.05) is 6.07 Å². The van der Waals surface area contributed by atoms with E-state index in [2.05, 4.69) is 59.5 Å². The van der Waals surface area contributed by atoms with Gasteiger partial charge in [0.15, 0.2) is 0 Å². The van der Waals surface area contributed by atoms with Crippen LogP contribution in [-0.2, 0) is 4.74 Å². The molecule has 0 radical (unpaired) electrons. The van der Waals surface area contributed by atoms with Gasteiger partial charge >= 0.3 is 0 Å². The molecule has 1 aliphatic heterocycles. The van der Waals surface area contributed by atoms with Gasteiger partial charge in [-0.2, -0.15) is 0 Å². The fraction of sp³-hybridized carbons (Fsp3) is 0.400. The molecule has 1 heterocycles. The molecule has 0 saturated carbocycles. The van der Waals surface area contributed by atoms with Crippen LogP contribution in [0.5, 0.6) is 0 Å². The molecule has 0 spiro atoms. The van der Waals surface area contributed by atoms with E-state index in [0.29, 0.717) is 12.6 Å². The number of piperidine rings is 1. The summed E-state index contributed by atoms with van der Waals surface area (Å²) in [6.45, 7) is 2.76. The molecule has 3 heteroatoms. The van der Waals surface area contributed by atoms with Crippen LogP contribution in [0.2, 0.25) is 0 Å². The molecule has 122 valence electrons. The third-order valence-electron chi connectivity index (χ3n) is 4.52. The zero-order chi connectivity index (χ0) is 15.9. The molecule has 3 rings (SSSR count). The van der Waals surface area contributed by atoms with Gasteiger partial charge in [-0.25, -0.2) is 0 Å². The Morgan fingerprint density at radius 2 is 1.57 bits per heavy atom. The van der Waals surface area contributed by atoms with Gasteiger partial charge in [-0.05, 0) is 43.5 Å². The summed E-state index contributed by atoms with van der Waals surface area (Å²) in [5.74, 6) is 0. The van der Waals surface area contributed by atoms with E-state index in [9.17, 15) is 0 Å². The minimum Gasteiger partial charge on any atom is -0.371 e. The first kappa shape index (κ1) is 16.0. The van der Waals surface area contributed by atoms with Gasteiger partial charge in [-0.3, -0.25) is 0 Å². The quantitative estimate of drug-likeness (QED) is 0.883. The third-order valence-corrected chi connectivity index (χ3v) is 4.52. The van der Waals surface area contributed by atoms with Gasteiger partial charge in [-0.1, -0.05) is 48.5 Å². The second-order valence-electron chi connectivity index (χ2n) is 6.13. The van der Waals surface area contributed by atoms with Crippen LogP contribution in [0.25, 0.3) is 0 Å². The number of ether oxygens (including phenoxy) is 1. The lowest BCUT2D eigenvalue weighted by molar-refractivity contribution is -0.0279. The average molecular weight is 310 g/mol. The van der Waals surface area contributed by atoms with Crippen molar-refractivity contribution < 1.29 is 4.74 Å². The average Bonchev–Trinajstić information content (AvgIpc) is 2.63. The number of nitrogens with two attached hydrogens (primary N) is 1. The number of rotatable bonds is 6. The van der Waals surface area contributed by atoms with Crippen molar-refractivity contribution in [3.05, 3.63) is 66.2 Å². The highest BCUT2D eigenvalue weighted by Gasteiger charge is 2.23. The third kappa shape index (κ3) is 4.34. The Morgan fingerprint density at radius 3 is 2.17 bits per heavy atom. The highest BCUT2D eigenvalue weighted by molar-refractivity contribution is 5.46. The number of anilines is 1. The van der Waals surface area contributed by atoms with Crippen molar-refractivity contribution in [2.75, 3.05) is 24.5 Å². The molecule has 0 bridgehead atoms. The maximum absolute atomic E-state index is 6.40. The van der Waals surface area contributed by atoms with Crippen molar-refractivity contribution in [2.24, 2.45) is 5.73 Å². The molecular weight excluding hydrogens is 284 g/mol. The molecule has 0 aromatic heterocycles. The van der Waals surface area contributed by atoms with E-state index in [4.69, 9.17) is 10.5 Å². The van der Waals surface area contributed by atoms with Gasteiger partial charge in [0.05, 0.1) is 12.2 Å². The molecular formula is C20H26N2O. The molecule has 2 aromatic carbocycles. The van der Waals surface area contributed by atoms with Crippen LogP contribution < -0.4 is 10.6 Å². The van der Waals surface area contributed by atoms with Crippen LogP contribution in [0.3, 0.4) is 0 Å². The van der Waals surface area contributed by atoms with E-state index in [1.54, 1.807) is 0 Å². The maximum atomic E-state index is 6.40. The fourth-order valence-corrected chi connectivity index (χ4v) is 3.25. The SMILES string of the molecule is NCCC(OC1CCN(c2ccccc2)CC1)c1ccccc1. The second-order valence-corrected chi connectivity index (χ2v) is 6.13. The summed E-state index contributed by atoms with van der Waals surface area (Å²) in [4.78, 5) is 2.44. The minimum atomic E-state index is 0.120. The first-order chi connectivity index (χ1) is 11.4. The minimum absolute atomic E-state index is 0.120. The lowest BCUT2D eigenvalue weighted by atomic mass is 10.0. The van der Waals surface area contributed by atoms with Gasteiger partial charge < -0.3 is 15.4 Å². The topological polar surface area (TPSA) is 38.5 Å². The van der Waals surface area contributed by atoms with Crippen LogP contribution in [0, 0.1) is 0 Å². The summed E-state index contributed by atoms with van der Waals surface area (Å²) in [6, 6.07) is 21.1. The Kier molecular flexibility index (Phi) is 5.67. The maximum Gasteiger partial charge on any atom is 0.0840 e. The van der Waals surface area contributed by atoms with Gasteiger partial charge in [0.2, 0.25) is 0 Å². The molecule has 0 amide bonds. The summed E-state index contributed by atoms with van der Waals surface area (Å²) in [5.41, 5.74) is 8.33. The van der Waals surface area contributed by atoms with E-state index in [1.165, 1.54) is 11.3 Å². The van der Waals surface area contributed by atoms with Crippen molar-refractivity contribution in [1.29, 1.82) is 0 Å².